The third kappa shape index (κ3) is 11.1. The van der Waals surface area contributed by atoms with Gasteiger partial charge in [-0.1, -0.05) is 400 Å². The lowest BCUT2D eigenvalue weighted by atomic mass is 9.67. The van der Waals surface area contributed by atoms with Crippen molar-refractivity contribution in [1.82, 2.24) is 34.9 Å². The van der Waals surface area contributed by atoms with Crippen LogP contribution in [0.3, 0.4) is 0 Å². The zero-order valence-corrected chi connectivity index (χ0v) is 68.4. The number of rotatable bonds is 8. The van der Waals surface area contributed by atoms with E-state index >= 15 is 0 Å². The number of hydrogen-bond acceptors (Lipinski definition) is 9. The van der Waals surface area contributed by atoms with Gasteiger partial charge in [0.05, 0.1) is 55.7 Å². The quantitative estimate of drug-likeness (QED) is 0.138. The van der Waals surface area contributed by atoms with E-state index in [1.165, 1.54) is 97.1 Å². The monoisotopic (exact) mass is 1610 g/mol. The molecule has 2 aliphatic carbocycles. The van der Waals surface area contributed by atoms with Gasteiger partial charge in [-0.15, -0.1) is 0 Å². The zero-order chi connectivity index (χ0) is 81.6. The van der Waals surface area contributed by atoms with Gasteiger partial charge in [-0.05, 0) is 120 Å². The molecule has 2 spiro atoms. The van der Waals surface area contributed by atoms with Crippen molar-refractivity contribution in [3.63, 3.8) is 0 Å². The number of hydrogen-bond donors (Lipinski definition) is 0. The fourth-order valence-corrected chi connectivity index (χ4v) is 22.9. The Bertz CT molecular complexity index is 8040. The van der Waals surface area contributed by atoms with Crippen molar-refractivity contribution >= 4 is 88.7 Å². The van der Waals surface area contributed by atoms with Crippen LogP contribution >= 0.6 is 23.5 Å². The summed E-state index contributed by atoms with van der Waals surface area (Å²) >= 11 is 3.79. The first-order chi connectivity index (χ1) is 61.5. The SMILES string of the molecule is c1ccc(-c2ccc3ccc4ccc(-c5ccc6c(c5)nc(-c5ccccc5)c5ccc7c(c56)Sc5ccccc5C75c6ccccc6-c6ccccc65)nc4c3n2)cc1.c1ccc(-c2nc(-c3ccccc3)nc(-c3cccc(-c4ccc5c(c4)nc(-c4ccccc4)c4ccc6c(c45)Sc4ccccc4C64c5ccccc5-c5ccccc54)c3)n2)cc1. The van der Waals surface area contributed by atoms with Gasteiger partial charge in [-0.3, -0.25) is 0 Å². The van der Waals surface area contributed by atoms with Gasteiger partial charge in [0.1, 0.15) is 0 Å². The predicted molar refractivity (Wildman–Crippen MR) is 509 cm³/mol. The summed E-state index contributed by atoms with van der Waals surface area (Å²) in [6.07, 6.45) is 0. The van der Waals surface area contributed by atoms with Crippen molar-refractivity contribution in [3.8, 4) is 113 Å². The van der Waals surface area contributed by atoms with Gasteiger partial charge in [0.2, 0.25) is 0 Å². The molecule has 7 heterocycles. The molecule has 0 bridgehead atoms. The van der Waals surface area contributed by atoms with Gasteiger partial charge in [-0.25, -0.2) is 34.9 Å². The molecule has 7 nitrogen and oxygen atoms in total. The first-order valence-electron chi connectivity index (χ1n) is 42.1. The minimum atomic E-state index is -0.475. The van der Waals surface area contributed by atoms with E-state index in [1.54, 1.807) is 0 Å². The average molecular weight is 1610 g/mol. The van der Waals surface area contributed by atoms with Crippen LogP contribution in [-0.2, 0) is 10.8 Å². The molecule has 0 fully saturated rings. The Morgan fingerprint density at radius 3 is 0.960 bits per heavy atom. The Morgan fingerprint density at radius 2 is 0.516 bits per heavy atom. The van der Waals surface area contributed by atoms with Gasteiger partial charge >= 0.3 is 0 Å². The topological polar surface area (TPSA) is 90.2 Å². The highest BCUT2D eigenvalue weighted by molar-refractivity contribution is 8.00. The lowest BCUT2D eigenvalue weighted by Gasteiger charge is -2.40. The van der Waals surface area contributed by atoms with Gasteiger partial charge in [0, 0.05) is 102 Å². The first-order valence-corrected chi connectivity index (χ1v) is 43.7. The molecule has 2 aliphatic heterocycles. The summed E-state index contributed by atoms with van der Waals surface area (Å²) in [7, 11) is 0. The lowest BCUT2D eigenvalue weighted by molar-refractivity contribution is 0.726. The minimum Gasteiger partial charge on any atom is -0.247 e. The largest absolute Gasteiger partial charge is 0.247 e. The molecule has 0 atom stereocenters. The number of fused-ring (bicyclic) bond motifs is 29. The van der Waals surface area contributed by atoms with E-state index in [0.29, 0.717) is 17.5 Å². The normalized spacial score (nSPS) is 13.2. The molecule has 4 aliphatic rings. The van der Waals surface area contributed by atoms with Crippen LogP contribution in [0.25, 0.3) is 178 Å². The van der Waals surface area contributed by atoms with Crippen LogP contribution in [0.1, 0.15) is 44.5 Å². The van der Waals surface area contributed by atoms with Crippen molar-refractivity contribution in [2.24, 2.45) is 0 Å². The highest BCUT2D eigenvalue weighted by atomic mass is 32.2. The van der Waals surface area contributed by atoms with Crippen molar-refractivity contribution < 1.29 is 0 Å². The molecular weight excluding hydrogens is 1540 g/mol. The molecule has 0 radical (unpaired) electrons. The fourth-order valence-electron chi connectivity index (χ4n) is 20.2. The molecule has 22 aromatic rings. The van der Waals surface area contributed by atoms with Gasteiger partial charge < -0.3 is 0 Å². The van der Waals surface area contributed by atoms with Gasteiger partial charge in [-0.2, -0.15) is 0 Å². The Balaban J connectivity index is 0.000000136. The van der Waals surface area contributed by atoms with Crippen LogP contribution in [0.4, 0.5) is 0 Å². The van der Waals surface area contributed by atoms with Crippen LogP contribution in [0.15, 0.2) is 438 Å². The van der Waals surface area contributed by atoms with Crippen molar-refractivity contribution in [2.45, 2.75) is 30.4 Å². The number of nitrogens with zero attached hydrogens (tertiary/aromatic N) is 7. The molecule has 0 saturated heterocycles. The summed E-state index contributed by atoms with van der Waals surface area (Å²) < 4.78 is 0. The molecular formula is C115H69N7S2. The molecule has 0 saturated carbocycles. The molecule has 0 amide bonds. The van der Waals surface area contributed by atoms with E-state index in [9.17, 15) is 0 Å². The maximum Gasteiger partial charge on any atom is 0.164 e. The highest BCUT2D eigenvalue weighted by Crippen LogP contribution is 2.66. The predicted octanol–water partition coefficient (Wildman–Crippen LogP) is 29.0. The summed E-state index contributed by atoms with van der Waals surface area (Å²) in [5.41, 5.74) is 31.6. The van der Waals surface area contributed by atoms with E-state index in [-0.39, 0.29) is 0 Å². The molecule has 26 rings (SSSR count). The Morgan fingerprint density at radius 1 is 0.194 bits per heavy atom. The smallest absolute Gasteiger partial charge is 0.164 e. The van der Waals surface area contributed by atoms with Crippen LogP contribution in [-0.4, -0.2) is 34.9 Å². The summed E-state index contributed by atoms with van der Waals surface area (Å²) in [5, 5.41) is 9.16. The van der Waals surface area contributed by atoms with Gasteiger partial charge in [0.25, 0.3) is 0 Å². The van der Waals surface area contributed by atoms with Crippen LogP contribution < -0.4 is 0 Å². The van der Waals surface area contributed by atoms with E-state index in [4.69, 9.17) is 34.9 Å². The fraction of sp³-hybridized carbons (Fsp3) is 0.0174. The van der Waals surface area contributed by atoms with Crippen molar-refractivity contribution in [2.75, 3.05) is 0 Å². The maximum atomic E-state index is 5.54. The minimum absolute atomic E-state index is 0.465. The molecule has 124 heavy (non-hydrogen) atoms. The number of aromatic nitrogens is 7. The summed E-state index contributed by atoms with van der Waals surface area (Å²) in [6.45, 7) is 0. The van der Waals surface area contributed by atoms with E-state index in [0.717, 1.165) is 127 Å². The molecule has 576 valence electrons. The van der Waals surface area contributed by atoms with E-state index < -0.39 is 10.8 Å². The summed E-state index contributed by atoms with van der Waals surface area (Å²) in [5.74, 6) is 1.90. The number of pyridine rings is 4. The second-order valence-electron chi connectivity index (χ2n) is 32.3. The summed E-state index contributed by atoms with van der Waals surface area (Å²) in [6, 6.07) is 150. The molecule has 5 aromatic heterocycles. The molecule has 17 aromatic carbocycles. The third-order valence-electron chi connectivity index (χ3n) is 25.7. The van der Waals surface area contributed by atoms with Crippen LogP contribution in [0.5, 0.6) is 0 Å². The Labute approximate surface area is 724 Å². The maximum absolute atomic E-state index is 5.54. The highest BCUT2D eigenvalue weighted by Gasteiger charge is 2.52. The number of benzene rings is 17. The van der Waals surface area contributed by atoms with Crippen LogP contribution in [0, 0.1) is 0 Å². The molecule has 9 heteroatoms. The van der Waals surface area contributed by atoms with Crippen molar-refractivity contribution in [3.05, 3.63) is 463 Å². The Hall–Kier alpha value is -15.4. The molecule has 0 unspecified atom stereocenters. The van der Waals surface area contributed by atoms with E-state index in [1.807, 2.05) is 90.3 Å². The van der Waals surface area contributed by atoms with E-state index in [2.05, 4.69) is 352 Å². The second kappa shape index (κ2) is 28.7. The standard InChI is InChI=1S/C59H36N4S.C56H33N3S/c1-4-17-37(18-5-1)54-46-33-34-50-55(64-52-30-15-14-29-49(52)59(50)47-27-12-10-25-43(47)44-26-11-13-28-48(44)59)53(46)45-32-31-41(36-51(45)60-54)40-23-16-24-42(35-40)58-62-56(38-19-6-2-7-20-38)61-57(63-58)39-21-8-3-9-22-39;1-3-13-34(14-4-1)47-31-26-36-23-24-37-27-32-48(58-54(37)53(36)57-47)38-25-28-41-49(33-38)59-52(35-15-5-2-6-16-35)42-29-30-46-55(51(41)42)60-50-22-12-11-21-45(50)56(46)43-19-9-7-17-39(43)40-18-8-10-20-44(40)56/h1-36H;1-33H. The third-order valence-corrected chi connectivity index (χ3v) is 28.1. The first kappa shape index (κ1) is 71.5. The molecule has 0 N–H and O–H groups in total. The summed E-state index contributed by atoms with van der Waals surface area (Å²) in [4.78, 5) is 41.7. The zero-order valence-electron chi connectivity index (χ0n) is 66.8. The van der Waals surface area contributed by atoms with Gasteiger partial charge in [0.15, 0.2) is 17.5 Å². The second-order valence-corrected chi connectivity index (χ2v) is 34.4. The van der Waals surface area contributed by atoms with Crippen molar-refractivity contribution in [1.29, 1.82) is 0 Å². The Kier molecular flexibility index (Phi) is 16.5. The van der Waals surface area contributed by atoms with Crippen LogP contribution in [0.2, 0.25) is 0 Å². The lowest BCUT2D eigenvalue weighted by Crippen LogP contribution is -2.32. The average Bonchev–Trinajstić information content (AvgIpc) is 1.48.